The van der Waals surface area contributed by atoms with E-state index in [0.717, 1.165) is 18.4 Å². The van der Waals surface area contributed by atoms with Crippen LogP contribution in [0.4, 0.5) is 17.6 Å². The summed E-state index contributed by atoms with van der Waals surface area (Å²) in [6.07, 6.45) is 11.1. The molecular formula is C30H36F4. The van der Waals surface area contributed by atoms with Crippen molar-refractivity contribution in [2.75, 3.05) is 0 Å². The lowest BCUT2D eigenvalue weighted by molar-refractivity contribution is -0.0382. The number of halogens is 4. The number of benzene rings is 2. The van der Waals surface area contributed by atoms with Gasteiger partial charge in [0.25, 0.3) is 0 Å². The van der Waals surface area contributed by atoms with Crippen molar-refractivity contribution in [1.82, 2.24) is 0 Å². The van der Waals surface area contributed by atoms with Gasteiger partial charge in [0.1, 0.15) is 0 Å². The highest BCUT2D eigenvalue weighted by Gasteiger charge is 2.35. The van der Waals surface area contributed by atoms with Crippen molar-refractivity contribution in [1.29, 1.82) is 0 Å². The number of alkyl halides is 2. The summed E-state index contributed by atoms with van der Waals surface area (Å²) in [6, 6.07) is 10.3. The van der Waals surface area contributed by atoms with Crippen LogP contribution in [0.5, 0.6) is 0 Å². The smallest absolute Gasteiger partial charge is 0.207 e. The normalized spacial score (nSPS) is 15.7. The maximum absolute atomic E-state index is 14.8. The molecule has 0 amide bonds. The summed E-state index contributed by atoms with van der Waals surface area (Å²) in [6.45, 7) is 2.21. The fourth-order valence-corrected chi connectivity index (χ4v) is 4.68. The molecule has 0 aliphatic heterocycles. The van der Waals surface area contributed by atoms with E-state index in [2.05, 4.69) is 18.8 Å². The largest absolute Gasteiger partial charge is 0.248 e. The Morgan fingerprint density at radius 3 is 2.06 bits per heavy atom. The van der Waals surface area contributed by atoms with E-state index >= 15 is 0 Å². The lowest BCUT2D eigenvalue weighted by Gasteiger charge is -2.28. The Labute approximate surface area is 202 Å². The molecule has 34 heavy (non-hydrogen) atoms. The zero-order valence-corrected chi connectivity index (χ0v) is 20.2. The van der Waals surface area contributed by atoms with E-state index < -0.39 is 17.6 Å². The molecule has 1 saturated carbocycles. The molecule has 1 aliphatic carbocycles. The number of unbranched alkanes of at least 4 members (excludes halogenated alkanes) is 8. The Hall–Kier alpha value is -2.28. The minimum Gasteiger partial charge on any atom is -0.207 e. The van der Waals surface area contributed by atoms with Gasteiger partial charge in [0.2, 0.25) is 5.92 Å². The highest BCUT2D eigenvalue weighted by molar-refractivity contribution is 5.66. The monoisotopic (exact) mass is 472 g/mol. The fraction of sp³-hybridized carbons (Fsp3) is 0.533. The van der Waals surface area contributed by atoms with Crippen LogP contribution in [-0.2, 0) is 0 Å². The zero-order valence-electron chi connectivity index (χ0n) is 20.2. The van der Waals surface area contributed by atoms with E-state index in [9.17, 15) is 17.6 Å². The van der Waals surface area contributed by atoms with Crippen LogP contribution in [0.25, 0.3) is 11.1 Å². The summed E-state index contributed by atoms with van der Waals surface area (Å²) in [5.74, 6) is 1.48. The van der Waals surface area contributed by atoms with Crippen LogP contribution in [0.3, 0.4) is 0 Å². The van der Waals surface area contributed by atoms with Crippen LogP contribution in [0.1, 0.15) is 107 Å². The summed E-state index contributed by atoms with van der Waals surface area (Å²) in [5, 5.41) is 0. The second-order valence-electron chi connectivity index (χ2n) is 9.57. The zero-order chi connectivity index (χ0) is 24.4. The SMILES string of the molecule is CCCCCCCCCCC#Cc1ccc(-c2ccc(C3CCC(F)(F)CC3)cc2)c(F)c1F. The molecule has 0 nitrogen and oxygen atoms in total. The maximum Gasteiger partial charge on any atom is 0.248 e. The molecule has 3 rings (SSSR count). The second-order valence-corrected chi connectivity index (χ2v) is 9.57. The van der Waals surface area contributed by atoms with Crippen molar-refractivity contribution < 1.29 is 17.6 Å². The molecule has 0 aromatic heterocycles. The lowest BCUT2D eigenvalue weighted by Crippen LogP contribution is -2.23. The molecule has 1 aliphatic rings. The van der Waals surface area contributed by atoms with Crippen LogP contribution in [0, 0.1) is 23.5 Å². The molecule has 0 radical (unpaired) electrons. The molecule has 4 heteroatoms. The quantitative estimate of drug-likeness (QED) is 0.183. The number of rotatable bonds is 10. The maximum atomic E-state index is 14.8. The third kappa shape index (κ3) is 7.62. The van der Waals surface area contributed by atoms with E-state index in [1.54, 1.807) is 18.2 Å². The van der Waals surface area contributed by atoms with Crippen molar-refractivity contribution in [3.63, 3.8) is 0 Å². The molecule has 2 aromatic rings. The highest BCUT2D eigenvalue weighted by Crippen LogP contribution is 2.41. The molecule has 0 saturated heterocycles. The van der Waals surface area contributed by atoms with Crippen LogP contribution < -0.4 is 0 Å². The van der Waals surface area contributed by atoms with Gasteiger partial charge < -0.3 is 0 Å². The molecular weight excluding hydrogens is 436 g/mol. The average Bonchev–Trinajstić information content (AvgIpc) is 2.83. The van der Waals surface area contributed by atoms with Crippen molar-refractivity contribution in [3.05, 3.63) is 59.2 Å². The second kappa shape index (κ2) is 13.0. The van der Waals surface area contributed by atoms with E-state index in [-0.39, 0.29) is 29.9 Å². The first kappa shape index (κ1) is 26.3. The van der Waals surface area contributed by atoms with E-state index in [0.29, 0.717) is 24.8 Å². The van der Waals surface area contributed by atoms with Gasteiger partial charge >= 0.3 is 0 Å². The van der Waals surface area contributed by atoms with Crippen LogP contribution >= 0.6 is 0 Å². The molecule has 0 N–H and O–H groups in total. The summed E-state index contributed by atoms with van der Waals surface area (Å²) >= 11 is 0. The van der Waals surface area contributed by atoms with Gasteiger partial charge in [-0.3, -0.25) is 0 Å². The third-order valence-electron chi connectivity index (χ3n) is 6.87. The lowest BCUT2D eigenvalue weighted by atomic mass is 9.82. The summed E-state index contributed by atoms with van der Waals surface area (Å²) in [4.78, 5) is 0. The van der Waals surface area contributed by atoms with Gasteiger partial charge in [-0.1, -0.05) is 88.0 Å². The van der Waals surface area contributed by atoms with Gasteiger partial charge in [-0.25, -0.2) is 17.6 Å². The summed E-state index contributed by atoms with van der Waals surface area (Å²) < 4.78 is 56.2. The molecule has 0 bridgehead atoms. The first-order valence-corrected chi connectivity index (χ1v) is 12.9. The van der Waals surface area contributed by atoms with Crippen molar-refractivity contribution in [3.8, 4) is 23.0 Å². The molecule has 0 spiro atoms. The predicted molar refractivity (Wildman–Crippen MR) is 132 cm³/mol. The Bertz CT molecular complexity index is 956. The van der Waals surface area contributed by atoms with Gasteiger partial charge in [-0.15, -0.1) is 0 Å². The highest BCUT2D eigenvalue weighted by atomic mass is 19.3. The molecule has 1 fully saturated rings. The van der Waals surface area contributed by atoms with E-state index in [4.69, 9.17) is 0 Å². The Morgan fingerprint density at radius 1 is 0.794 bits per heavy atom. The molecule has 2 aromatic carbocycles. The van der Waals surface area contributed by atoms with Crippen LogP contribution in [0.15, 0.2) is 36.4 Å². The van der Waals surface area contributed by atoms with Crippen molar-refractivity contribution in [2.24, 2.45) is 0 Å². The molecule has 0 unspecified atom stereocenters. The fourth-order valence-electron chi connectivity index (χ4n) is 4.68. The van der Waals surface area contributed by atoms with Gasteiger partial charge in [-0.2, -0.15) is 0 Å². The van der Waals surface area contributed by atoms with Gasteiger partial charge in [-0.05, 0) is 48.4 Å². The van der Waals surface area contributed by atoms with Gasteiger partial charge in [0, 0.05) is 24.8 Å². The molecule has 0 atom stereocenters. The minimum atomic E-state index is -2.56. The van der Waals surface area contributed by atoms with Crippen molar-refractivity contribution >= 4 is 0 Å². The Kier molecular flexibility index (Phi) is 10.1. The first-order chi connectivity index (χ1) is 16.4. The summed E-state index contributed by atoms with van der Waals surface area (Å²) in [5.41, 5.74) is 1.82. The number of hydrogen-bond acceptors (Lipinski definition) is 0. The van der Waals surface area contributed by atoms with Gasteiger partial charge in [0.15, 0.2) is 11.6 Å². The first-order valence-electron chi connectivity index (χ1n) is 12.9. The van der Waals surface area contributed by atoms with Crippen LogP contribution in [-0.4, -0.2) is 5.92 Å². The van der Waals surface area contributed by atoms with Gasteiger partial charge in [0.05, 0.1) is 5.56 Å². The standard InChI is InChI=1S/C30H36F4/c1-2-3-4-5-6-7-8-9-10-11-12-26-17-18-27(29(32)28(26)31)25-15-13-23(14-16-25)24-19-21-30(33,34)22-20-24/h13-18,24H,2-10,19-22H2,1H3. The average molecular weight is 473 g/mol. The molecule has 0 heterocycles. The third-order valence-corrected chi connectivity index (χ3v) is 6.87. The topological polar surface area (TPSA) is 0 Å². The Morgan fingerprint density at radius 2 is 1.41 bits per heavy atom. The molecule has 184 valence electrons. The number of hydrogen-bond donors (Lipinski definition) is 0. The summed E-state index contributed by atoms with van der Waals surface area (Å²) in [7, 11) is 0. The van der Waals surface area contributed by atoms with E-state index in [1.165, 1.54) is 44.6 Å². The predicted octanol–water partition coefficient (Wildman–Crippen LogP) is 9.81. The van der Waals surface area contributed by atoms with Crippen molar-refractivity contribution in [2.45, 2.75) is 102 Å². The Balaban J connectivity index is 1.53. The van der Waals surface area contributed by atoms with E-state index in [1.807, 2.05) is 12.1 Å². The minimum absolute atomic E-state index is 0.0839. The van der Waals surface area contributed by atoms with Crippen LogP contribution in [0.2, 0.25) is 0 Å².